The summed E-state index contributed by atoms with van der Waals surface area (Å²) in [6.07, 6.45) is 0.454. The van der Waals surface area contributed by atoms with Gasteiger partial charge < -0.3 is 19.1 Å². The number of para-hydroxylation sites is 1. The molecule has 7 heteroatoms. The first-order valence-corrected chi connectivity index (χ1v) is 10.5. The van der Waals surface area contributed by atoms with Crippen LogP contribution in [0.4, 0.5) is 9.18 Å². The van der Waals surface area contributed by atoms with E-state index < -0.39 is 17.7 Å². The minimum Gasteiger partial charge on any atom is -0.447 e. The number of fused-ring (bicyclic) bond motifs is 1. The predicted octanol–water partition coefficient (Wildman–Crippen LogP) is 6.06. The molecule has 0 saturated carbocycles. The Balaban J connectivity index is 1.46. The number of hydrogen-bond acceptors (Lipinski definition) is 4. The summed E-state index contributed by atoms with van der Waals surface area (Å²) in [5.41, 5.74) is 0.820. The third-order valence-electron chi connectivity index (χ3n) is 5.27. The molecule has 2 heterocycles. The van der Waals surface area contributed by atoms with E-state index in [2.05, 4.69) is 0 Å². The van der Waals surface area contributed by atoms with E-state index in [4.69, 9.17) is 25.8 Å². The highest BCUT2D eigenvalue weighted by Gasteiger charge is 2.34. The zero-order valence-corrected chi connectivity index (χ0v) is 18.0. The molecule has 0 N–H and O–H groups in total. The number of likely N-dealkylation sites (tertiary alicyclic amines) is 1. The van der Waals surface area contributed by atoms with Gasteiger partial charge in [0.2, 0.25) is 0 Å². The van der Waals surface area contributed by atoms with Gasteiger partial charge in [-0.25, -0.2) is 9.18 Å². The van der Waals surface area contributed by atoms with Gasteiger partial charge in [-0.3, -0.25) is 0 Å². The minimum atomic E-state index is -0.847. The highest BCUT2D eigenvalue weighted by Crippen LogP contribution is 2.47. The Morgan fingerprint density at radius 2 is 1.87 bits per heavy atom. The topological polar surface area (TPSA) is 48.0 Å². The summed E-state index contributed by atoms with van der Waals surface area (Å²) in [5, 5.41) is 0.323. The number of nitrogens with zero attached hydrogens (tertiary/aromatic N) is 1. The van der Waals surface area contributed by atoms with Crippen molar-refractivity contribution in [2.24, 2.45) is 0 Å². The third-order valence-corrected chi connectivity index (χ3v) is 5.51. The molecule has 2 aliphatic heterocycles. The molecular formula is C23H25ClFNO4. The molecule has 2 aromatic carbocycles. The maximum Gasteiger partial charge on any atom is 0.410 e. The van der Waals surface area contributed by atoms with Crippen LogP contribution in [0.5, 0.6) is 11.5 Å². The van der Waals surface area contributed by atoms with E-state index in [1.165, 1.54) is 6.07 Å². The van der Waals surface area contributed by atoms with Crippen LogP contribution in [-0.2, 0) is 4.74 Å². The monoisotopic (exact) mass is 433 g/mol. The van der Waals surface area contributed by atoms with E-state index in [1.54, 1.807) is 17.0 Å². The Labute approximate surface area is 180 Å². The summed E-state index contributed by atoms with van der Waals surface area (Å²) in [4.78, 5) is 14.1. The second-order valence-corrected chi connectivity index (χ2v) is 9.09. The number of benzene rings is 2. The van der Waals surface area contributed by atoms with Gasteiger partial charge in [-0.05, 0) is 63.8 Å². The van der Waals surface area contributed by atoms with Crippen molar-refractivity contribution < 1.29 is 23.4 Å². The van der Waals surface area contributed by atoms with Crippen LogP contribution in [0.15, 0.2) is 36.4 Å². The maximum absolute atomic E-state index is 14.3. The Morgan fingerprint density at radius 1 is 1.13 bits per heavy atom. The average molecular weight is 434 g/mol. The number of piperidine rings is 1. The molecule has 0 spiro atoms. The minimum absolute atomic E-state index is 0.219. The molecule has 1 fully saturated rings. The molecule has 2 aromatic rings. The van der Waals surface area contributed by atoms with Crippen molar-refractivity contribution in [2.45, 2.75) is 51.4 Å². The van der Waals surface area contributed by atoms with Crippen molar-refractivity contribution in [3.8, 4) is 11.5 Å². The lowest BCUT2D eigenvalue weighted by Crippen LogP contribution is -2.41. The zero-order chi connectivity index (χ0) is 21.5. The van der Waals surface area contributed by atoms with E-state index in [0.29, 0.717) is 35.2 Å². The molecule has 1 amide bonds. The van der Waals surface area contributed by atoms with Crippen LogP contribution in [0.2, 0.25) is 5.02 Å². The summed E-state index contributed by atoms with van der Waals surface area (Å²) in [6.45, 7) is 6.81. The molecule has 4 rings (SSSR count). The zero-order valence-electron chi connectivity index (χ0n) is 17.3. The molecule has 0 aliphatic carbocycles. The summed E-state index contributed by atoms with van der Waals surface area (Å²) in [5.74, 6) is 0.998. The second-order valence-electron chi connectivity index (χ2n) is 8.65. The lowest BCUT2D eigenvalue weighted by atomic mass is 9.89. The van der Waals surface area contributed by atoms with Crippen LogP contribution >= 0.6 is 11.6 Å². The standard InChI is InChI=1S/C23H25ClFNO4/c1-23(2,3)30-22(27)26-11-9-14(10-12-26)16-5-4-6-19-20(16)29-21(28-19)17-8-7-15(24)13-18(17)25/h4-8,13-14,21H,9-12H2,1-3H3/t21-/m0/s1. The average Bonchev–Trinajstić information content (AvgIpc) is 3.10. The van der Waals surface area contributed by atoms with Gasteiger partial charge in [-0.1, -0.05) is 23.7 Å². The number of hydrogen-bond donors (Lipinski definition) is 0. The van der Waals surface area contributed by atoms with Gasteiger partial charge in [0.1, 0.15) is 11.4 Å². The quantitative estimate of drug-likeness (QED) is 0.577. The van der Waals surface area contributed by atoms with E-state index in [0.717, 1.165) is 18.4 Å². The number of amides is 1. The van der Waals surface area contributed by atoms with E-state index in [1.807, 2.05) is 39.0 Å². The Bertz CT molecular complexity index is 951. The summed E-state index contributed by atoms with van der Waals surface area (Å²) >= 11 is 5.85. The summed E-state index contributed by atoms with van der Waals surface area (Å²) < 4.78 is 31.7. The molecule has 0 bridgehead atoms. The molecule has 1 saturated heterocycles. The number of ether oxygens (including phenoxy) is 3. The smallest absolute Gasteiger partial charge is 0.410 e. The molecule has 2 aliphatic rings. The van der Waals surface area contributed by atoms with Crippen molar-refractivity contribution in [2.75, 3.05) is 13.1 Å². The Morgan fingerprint density at radius 3 is 2.53 bits per heavy atom. The van der Waals surface area contributed by atoms with E-state index >= 15 is 0 Å². The van der Waals surface area contributed by atoms with Crippen molar-refractivity contribution in [3.63, 3.8) is 0 Å². The highest BCUT2D eigenvalue weighted by atomic mass is 35.5. The SMILES string of the molecule is CC(C)(C)OC(=O)N1CCC(c2cccc3c2O[C@@H](c2ccc(Cl)cc2F)O3)CC1. The molecule has 1 atom stereocenters. The first-order chi connectivity index (χ1) is 14.2. The van der Waals surface area contributed by atoms with Crippen molar-refractivity contribution >= 4 is 17.7 Å². The largest absolute Gasteiger partial charge is 0.447 e. The van der Waals surface area contributed by atoms with Crippen LogP contribution in [0.1, 0.15) is 56.9 Å². The van der Waals surface area contributed by atoms with Crippen molar-refractivity contribution in [3.05, 3.63) is 58.4 Å². The molecule has 30 heavy (non-hydrogen) atoms. The normalized spacial score (nSPS) is 19.1. The van der Waals surface area contributed by atoms with Crippen molar-refractivity contribution in [1.82, 2.24) is 4.90 Å². The fourth-order valence-electron chi connectivity index (χ4n) is 3.84. The Hall–Kier alpha value is -2.47. The fourth-order valence-corrected chi connectivity index (χ4v) is 4.00. The number of carbonyl (C=O) groups excluding carboxylic acids is 1. The van der Waals surface area contributed by atoms with Crippen LogP contribution in [0.25, 0.3) is 0 Å². The van der Waals surface area contributed by atoms with Crippen LogP contribution in [0, 0.1) is 5.82 Å². The predicted molar refractivity (Wildman–Crippen MR) is 112 cm³/mol. The molecule has 160 valence electrons. The number of halogens is 2. The lowest BCUT2D eigenvalue weighted by molar-refractivity contribution is 0.0203. The van der Waals surface area contributed by atoms with Crippen LogP contribution in [0.3, 0.4) is 0 Å². The van der Waals surface area contributed by atoms with Gasteiger partial charge in [-0.2, -0.15) is 0 Å². The van der Waals surface area contributed by atoms with Crippen LogP contribution in [-0.4, -0.2) is 29.7 Å². The van der Waals surface area contributed by atoms with Gasteiger partial charge in [-0.15, -0.1) is 0 Å². The molecular weight excluding hydrogens is 409 g/mol. The second kappa shape index (κ2) is 7.99. The molecule has 0 unspecified atom stereocenters. The van der Waals surface area contributed by atoms with Gasteiger partial charge >= 0.3 is 6.09 Å². The maximum atomic E-state index is 14.3. The molecule has 0 radical (unpaired) electrons. The first-order valence-electron chi connectivity index (χ1n) is 10.1. The molecule has 0 aromatic heterocycles. The third kappa shape index (κ3) is 4.33. The summed E-state index contributed by atoms with van der Waals surface area (Å²) in [6, 6.07) is 10.2. The highest BCUT2D eigenvalue weighted by molar-refractivity contribution is 6.30. The lowest BCUT2D eigenvalue weighted by Gasteiger charge is -2.33. The van der Waals surface area contributed by atoms with Gasteiger partial charge in [0.05, 0.1) is 5.56 Å². The van der Waals surface area contributed by atoms with E-state index in [9.17, 15) is 9.18 Å². The molecule has 5 nitrogen and oxygen atoms in total. The van der Waals surface area contributed by atoms with Gasteiger partial charge in [0.25, 0.3) is 6.29 Å². The van der Waals surface area contributed by atoms with Crippen LogP contribution < -0.4 is 9.47 Å². The summed E-state index contributed by atoms with van der Waals surface area (Å²) in [7, 11) is 0. The first kappa shape index (κ1) is 20.8. The Kier molecular flexibility index (Phi) is 5.53. The van der Waals surface area contributed by atoms with Crippen molar-refractivity contribution in [1.29, 1.82) is 0 Å². The fraction of sp³-hybridized carbons (Fsp3) is 0.435. The van der Waals surface area contributed by atoms with Gasteiger partial charge in [0.15, 0.2) is 11.5 Å². The van der Waals surface area contributed by atoms with Gasteiger partial charge in [0, 0.05) is 23.7 Å². The number of carbonyl (C=O) groups is 1. The number of rotatable bonds is 2. The van der Waals surface area contributed by atoms with E-state index in [-0.39, 0.29) is 12.0 Å².